The molecule has 0 aromatic heterocycles. The van der Waals surface area contributed by atoms with Crippen molar-refractivity contribution >= 4 is 5.69 Å². The Kier molecular flexibility index (Phi) is 5.33. The average molecular weight is 220 g/mol. The molecule has 0 fully saturated rings. The van der Waals surface area contributed by atoms with Crippen LogP contribution in [0.5, 0.6) is 0 Å². The third-order valence-corrected chi connectivity index (χ3v) is 3.36. The number of rotatable bonds is 6. The molecular weight excluding hydrogens is 196 g/mol. The predicted molar refractivity (Wildman–Crippen MR) is 71.6 cm³/mol. The maximum absolute atomic E-state index is 5.91. The van der Waals surface area contributed by atoms with Gasteiger partial charge in [-0.25, -0.2) is 0 Å². The Bertz CT molecular complexity index is 309. The molecule has 0 heterocycles. The Morgan fingerprint density at radius 3 is 2.62 bits per heavy atom. The van der Waals surface area contributed by atoms with Crippen molar-refractivity contribution in [2.24, 2.45) is 0 Å². The third kappa shape index (κ3) is 3.86. The number of nitrogens with zero attached hydrogens (tertiary/aromatic N) is 1. The lowest BCUT2D eigenvalue weighted by Crippen LogP contribution is -2.29. The van der Waals surface area contributed by atoms with E-state index >= 15 is 0 Å². The van der Waals surface area contributed by atoms with E-state index in [0.717, 1.165) is 18.7 Å². The average Bonchev–Trinajstić information content (AvgIpc) is 2.30. The van der Waals surface area contributed by atoms with Crippen molar-refractivity contribution in [3.63, 3.8) is 0 Å². The zero-order valence-electron chi connectivity index (χ0n) is 10.7. The van der Waals surface area contributed by atoms with E-state index in [0.29, 0.717) is 6.04 Å². The molecule has 0 aliphatic rings. The van der Waals surface area contributed by atoms with Crippen molar-refractivity contribution in [3.05, 3.63) is 29.8 Å². The first-order valence-corrected chi connectivity index (χ1v) is 6.18. The molecule has 2 N–H and O–H groups in total. The van der Waals surface area contributed by atoms with Crippen molar-refractivity contribution in [2.75, 3.05) is 19.3 Å². The number of benzene rings is 1. The van der Waals surface area contributed by atoms with E-state index in [1.807, 2.05) is 12.1 Å². The number of para-hydroxylation sites is 1. The Morgan fingerprint density at radius 1 is 1.31 bits per heavy atom. The first-order chi connectivity index (χ1) is 7.65. The second kappa shape index (κ2) is 6.54. The second-order valence-electron chi connectivity index (χ2n) is 4.54. The summed E-state index contributed by atoms with van der Waals surface area (Å²) in [5.74, 6) is 0. The molecule has 0 amide bonds. The van der Waals surface area contributed by atoms with Crippen LogP contribution < -0.4 is 5.73 Å². The molecule has 2 heteroatoms. The van der Waals surface area contributed by atoms with E-state index in [-0.39, 0.29) is 0 Å². The molecule has 2 nitrogen and oxygen atoms in total. The highest BCUT2D eigenvalue weighted by molar-refractivity contribution is 5.46. The molecule has 0 saturated carbocycles. The monoisotopic (exact) mass is 220 g/mol. The van der Waals surface area contributed by atoms with Gasteiger partial charge in [0.05, 0.1) is 0 Å². The lowest BCUT2D eigenvalue weighted by molar-refractivity contribution is 0.249. The quantitative estimate of drug-likeness (QED) is 0.747. The van der Waals surface area contributed by atoms with E-state index < -0.39 is 0 Å². The molecule has 90 valence electrons. The first-order valence-electron chi connectivity index (χ1n) is 6.18. The van der Waals surface area contributed by atoms with Gasteiger partial charge in [-0.15, -0.1) is 0 Å². The molecule has 0 bridgehead atoms. The molecule has 0 aliphatic heterocycles. The fourth-order valence-electron chi connectivity index (χ4n) is 1.81. The molecule has 16 heavy (non-hydrogen) atoms. The van der Waals surface area contributed by atoms with E-state index in [4.69, 9.17) is 5.73 Å². The summed E-state index contributed by atoms with van der Waals surface area (Å²) in [6.45, 7) is 5.65. The lowest BCUT2D eigenvalue weighted by atomic mass is 10.1. The Hall–Kier alpha value is -1.02. The summed E-state index contributed by atoms with van der Waals surface area (Å²) in [5, 5.41) is 0. The van der Waals surface area contributed by atoms with Gasteiger partial charge in [-0.05, 0) is 51.4 Å². The van der Waals surface area contributed by atoms with Crippen molar-refractivity contribution in [2.45, 2.75) is 39.2 Å². The standard InChI is InChI=1S/C14H24N2/c1-4-12(2)16(3)11-7-9-13-8-5-6-10-14(13)15/h5-6,8,10,12H,4,7,9,11,15H2,1-3H3. The first kappa shape index (κ1) is 13.0. The highest BCUT2D eigenvalue weighted by Gasteiger charge is 2.06. The lowest BCUT2D eigenvalue weighted by Gasteiger charge is -2.23. The van der Waals surface area contributed by atoms with Crippen LogP contribution in [0.4, 0.5) is 5.69 Å². The molecule has 1 rings (SSSR count). The number of aryl methyl sites for hydroxylation is 1. The van der Waals surface area contributed by atoms with Gasteiger partial charge >= 0.3 is 0 Å². The van der Waals surface area contributed by atoms with Crippen LogP contribution in [0, 0.1) is 0 Å². The highest BCUT2D eigenvalue weighted by Crippen LogP contribution is 2.13. The third-order valence-electron chi connectivity index (χ3n) is 3.36. The van der Waals surface area contributed by atoms with Crippen LogP contribution in [-0.2, 0) is 6.42 Å². The van der Waals surface area contributed by atoms with Gasteiger partial charge in [0.2, 0.25) is 0 Å². The van der Waals surface area contributed by atoms with E-state index in [9.17, 15) is 0 Å². The Balaban J connectivity index is 2.33. The molecule has 1 unspecified atom stereocenters. The summed E-state index contributed by atoms with van der Waals surface area (Å²) in [6, 6.07) is 8.83. The SMILES string of the molecule is CCC(C)N(C)CCCc1ccccc1N. The Morgan fingerprint density at radius 2 is 2.00 bits per heavy atom. The summed E-state index contributed by atoms with van der Waals surface area (Å²) in [6.07, 6.45) is 3.46. The van der Waals surface area contributed by atoms with E-state index in [1.54, 1.807) is 0 Å². The van der Waals surface area contributed by atoms with Crippen molar-refractivity contribution in [1.82, 2.24) is 4.90 Å². The zero-order valence-corrected chi connectivity index (χ0v) is 10.7. The molecular formula is C14H24N2. The molecule has 0 radical (unpaired) electrons. The molecule has 1 aromatic carbocycles. The van der Waals surface area contributed by atoms with Crippen LogP contribution in [0.2, 0.25) is 0 Å². The number of anilines is 1. The van der Waals surface area contributed by atoms with Crippen LogP contribution in [0.15, 0.2) is 24.3 Å². The fraction of sp³-hybridized carbons (Fsp3) is 0.571. The number of hydrogen-bond acceptors (Lipinski definition) is 2. The van der Waals surface area contributed by atoms with Gasteiger partial charge in [0.15, 0.2) is 0 Å². The van der Waals surface area contributed by atoms with Gasteiger partial charge < -0.3 is 10.6 Å². The van der Waals surface area contributed by atoms with Crippen LogP contribution in [-0.4, -0.2) is 24.5 Å². The van der Waals surface area contributed by atoms with Crippen molar-refractivity contribution in [3.8, 4) is 0 Å². The smallest absolute Gasteiger partial charge is 0.0346 e. The van der Waals surface area contributed by atoms with Crippen LogP contribution >= 0.6 is 0 Å². The zero-order chi connectivity index (χ0) is 12.0. The van der Waals surface area contributed by atoms with Crippen LogP contribution in [0.25, 0.3) is 0 Å². The normalized spacial score (nSPS) is 13.0. The minimum Gasteiger partial charge on any atom is -0.399 e. The van der Waals surface area contributed by atoms with Crippen molar-refractivity contribution < 1.29 is 0 Å². The minimum absolute atomic E-state index is 0.674. The maximum Gasteiger partial charge on any atom is 0.0346 e. The summed E-state index contributed by atoms with van der Waals surface area (Å²) in [7, 11) is 2.20. The van der Waals surface area contributed by atoms with Gasteiger partial charge in [-0.1, -0.05) is 25.1 Å². The second-order valence-corrected chi connectivity index (χ2v) is 4.54. The van der Waals surface area contributed by atoms with Gasteiger partial charge in [-0.2, -0.15) is 0 Å². The number of hydrogen-bond donors (Lipinski definition) is 1. The van der Waals surface area contributed by atoms with Gasteiger partial charge in [0.25, 0.3) is 0 Å². The van der Waals surface area contributed by atoms with Crippen molar-refractivity contribution in [1.29, 1.82) is 0 Å². The predicted octanol–water partition coefficient (Wildman–Crippen LogP) is 2.93. The number of nitrogens with two attached hydrogens (primary N) is 1. The Labute approximate surface area is 99.5 Å². The van der Waals surface area contributed by atoms with Crippen LogP contribution in [0.3, 0.4) is 0 Å². The van der Waals surface area contributed by atoms with Gasteiger partial charge in [-0.3, -0.25) is 0 Å². The van der Waals surface area contributed by atoms with Gasteiger partial charge in [0, 0.05) is 11.7 Å². The fourth-order valence-corrected chi connectivity index (χ4v) is 1.81. The number of nitrogen functional groups attached to an aromatic ring is 1. The minimum atomic E-state index is 0.674. The molecule has 0 saturated heterocycles. The molecule has 1 aromatic rings. The summed E-state index contributed by atoms with van der Waals surface area (Å²) in [4.78, 5) is 2.42. The molecule has 0 aliphatic carbocycles. The van der Waals surface area contributed by atoms with Crippen LogP contribution in [0.1, 0.15) is 32.3 Å². The van der Waals surface area contributed by atoms with E-state index in [2.05, 4.69) is 37.9 Å². The summed E-state index contributed by atoms with van der Waals surface area (Å²) in [5.41, 5.74) is 8.11. The van der Waals surface area contributed by atoms with Gasteiger partial charge in [0.1, 0.15) is 0 Å². The largest absolute Gasteiger partial charge is 0.399 e. The summed E-state index contributed by atoms with van der Waals surface area (Å²) < 4.78 is 0. The maximum atomic E-state index is 5.91. The molecule has 1 atom stereocenters. The molecule has 0 spiro atoms. The summed E-state index contributed by atoms with van der Waals surface area (Å²) >= 11 is 0. The highest BCUT2D eigenvalue weighted by atomic mass is 15.1. The topological polar surface area (TPSA) is 29.3 Å². The van der Waals surface area contributed by atoms with E-state index in [1.165, 1.54) is 18.4 Å².